The van der Waals surface area contributed by atoms with E-state index >= 15 is 0 Å². The van der Waals surface area contributed by atoms with Crippen LogP contribution in [0.5, 0.6) is 23.0 Å². The van der Waals surface area contributed by atoms with Crippen LogP contribution in [0, 0.1) is 0 Å². The van der Waals surface area contributed by atoms with Crippen molar-refractivity contribution in [2.45, 2.75) is 19.3 Å². The van der Waals surface area contributed by atoms with Crippen LogP contribution in [0.4, 0.5) is 0 Å². The highest BCUT2D eigenvalue weighted by Crippen LogP contribution is 2.28. The lowest BCUT2D eigenvalue weighted by atomic mass is 10.1. The van der Waals surface area contributed by atoms with E-state index in [9.17, 15) is 30.0 Å². The Kier molecular flexibility index (Phi) is 8.76. The van der Waals surface area contributed by atoms with E-state index in [1.165, 1.54) is 36.4 Å². The van der Waals surface area contributed by atoms with Gasteiger partial charge in [0, 0.05) is 13.1 Å². The summed E-state index contributed by atoms with van der Waals surface area (Å²) in [6, 6.07) is 8.45. The number of phenolic OH excluding ortho intramolecular Hbond substituents is 4. The first kappa shape index (κ1) is 22.8. The molecule has 9 nitrogen and oxygen atoms in total. The molecule has 162 valence electrons. The molecule has 0 radical (unpaired) electrons. The summed E-state index contributed by atoms with van der Waals surface area (Å²) in [4.78, 5) is 23.9. The molecule has 2 amide bonds. The number of amides is 2. The van der Waals surface area contributed by atoms with Crippen molar-refractivity contribution in [1.29, 1.82) is 0 Å². The first-order valence-electron chi connectivity index (χ1n) is 9.70. The van der Waals surface area contributed by atoms with E-state index in [0.717, 1.165) is 19.4 Å². The average Bonchev–Trinajstić information content (AvgIpc) is 2.73. The Morgan fingerprint density at radius 3 is 1.60 bits per heavy atom. The monoisotopic (exact) mass is 417 g/mol. The molecule has 0 unspecified atom stereocenters. The molecular formula is C21H27N3O6. The molecular weight excluding hydrogens is 390 g/mol. The minimum Gasteiger partial charge on any atom is -0.504 e. The molecule has 0 saturated heterocycles. The van der Waals surface area contributed by atoms with Gasteiger partial charge in [-0.05, 0) is 56.6 Å². The minimum absolute atomic E-state index is 0.0315. The van der Waals surface area contributed by atoms with Crippen LogP contribution >= 0.6 is 0 Å². The van der Waals surface area contributed by atoms with Gasteiger partial charge in [-0.15, -0.1) is 0 Å². The summed E-state index contributed by atoms with van der Waals surface area (Å²) in [5.74, 6) is -2.41. The lowest BCUT2D eigenvalue weighted by molar-refractivity contribution is 0.0941. The number of carbonyl (C=O) groups is 2. The number of benzene rings is 2. The number of aromatic hydroxyl groups is 4. The zero-order valence-electron chi connectivity index (χ0n) is 16.5. The number of hydrogen-bond acceptors (Lipinski definition) is 7. The topological polar surface area (TPSA) is 151 Å². The number of hydrogen-bond donors (Lipinski definition) is 7. The molecule has 0 atom stereocenters. The summed E-state index contributed by atoms with van der Waals surface area (Å²) < 4.78 is 0. The van der Waals surface area contributed by atoms with E-state index in [2.05, 4.69) is 16.0 Å². The summed E-state index contributed by atoms with van der Waals surface area (Å²) >= 11 is 0. The maximum absolute atomic E-state index is 12.0. The van der Waals surface area contributed by atoms with Crippen LogP contribution in [0.2, 0.25) is 0 Å². The van der Waals surface area contributed by atoms with Crippen molar-refractivity contribution < 1.29 is 30.0 Å². The second-order valence-electron chi connectivity index (χ2n) is 6.67. The quantitative estimate of drug-likeness (QED) is 0.216. The third kappa shape index (κ3) is 6.56. The third-order valence-electron chi connectivity index (χ3n) is 4.40. The van der Waals surface area contributed by atoms with Gasteiger partial charge in [-0.1, -0.05) is 12.1 Å². The predicted molar refractivity (Wildman–Crippen MR) is 111 cm³/mol. The van der Waals surface area contributed by atoms with Crippen LogP contribution < -0.4 is 16.0 Å². The summed E-state index contributed by atoms with van der Waals surface area (Å²) in [5.41, 5.74) is 0.0678. The zero-order valence-corrected chi connectivity index (χ0v) is 16.5. The highest BCUT2D eigenvalue weighted by Gasteiger charge is 2.14. The Morgan fingerprint density at radius 2 is 1.07 bits per heavy atom. The van der Waals surface area contributed by atoms with Gasteiger partial charge in [-0.2, -0.15) is 0 Å². The van der Waals surface area contributed by atoms with Crippen LogP contribution in [0.1, 0.15) is 40.0 Å². The first-order valence-corrected chi connectivity index (χ1v) is 9.70. The van der Waals surface area contributed by atoms with E-state index in [1.807, 2.05) is 0 Å². The lowest BCUT2D eigenvalue weighted by Gasteiger charge is -2.09. The Balaban J connectivity index is 1.51. The second-order valence-corrected chi connectivity index (χ2v) is 6.67. The Morgan fingerprint density at radius 1 is 0.633 bits per heavy atom. The Labute approximate surface area is 174 Å². The van der Waals surface area contributed by atoms with Crippen LogP contribution in [-0.4, -0.2) is 58.4 Å². The molecule has 2 aromatic carbocycles. The van der Waals surface area contributed by atoms with Gasteiger partial charge in [0.15, 0.2) is 23.0 Å². The number of unbranched alkanes of at least 4 members (excludes halogenated alkanes) is 1. The number of phenols is 4. The first-order chi connectivity index (χ1) is 14.4. The minimum atomic E-state index is -0.447. The summed E-state index contributed by atoms with van der Waals surface area (Å²) in [7, 11) is 0. The Hall–Kier alpha value is -3.46. The van der Waals surface area contributed by atoms with Crippen molar-refractivity contribution in [3.63, 3.8) is 0 Å². The maximum atomic E-state index is 12.0. The molecule has 0 bridgehead atoms. The predicted octanol–water partition coefficient (Wildman–Crippen LogP) is 1.43. The van der Waals surface area contributed by atoms with Crippen LogP contribution in [-0.2, 0) is 0 Å². The molecule has 2 aromatic rings. The van der Waals surface area contributed by atoms with E-state index in [1.54, 1.807) is 0 Å². The smallest absolute Gasteiger partial charge is 0.255 e. The number of para-hydroxylation sites is 2. The molecule has 9 heteroatoms. The maximum Gasteiger partial charge on any atom is 0.255 e. The van der Waals surface area contributed by atoms with Crippen molar-refractivity contribution in [1.82, 2.24) is 16.0 Å². The van der Waals surface area contributed by atoms with Gasteiger partial charge in [0.05, 0.1) is 11.1 Å². The number of nitrogens with one attached hydrogen (secondary N) is 3. The van der Waals surface area contributed by atoms with E-state index in [0.29, 0.717) is 26.1 Å². The van der Waals surface area contributed by atoms with Gasteiger partial charge in [0.25, 0.3) is 11.8 Å². The SMILES string of the molecule is O=C(NCCCCNCCCNC(=O)c1cccc(O)c1O)c1cccc(O)c1O. The fraction of sp³-hybridized carbons (Fsp3) is 0.333. The highest BCUT2D eigenvalue weighted by atomic mass is 16.3. The van der Waals surface area contributed by atoms with Crippen molar-refractivity contribution >= 4 is 11.8 Å². The highest BCUT2D eigenvalue weighted by molar-refractivity contribution is 5.98. The van der Waals surface area contributed by atoms with Crippen molar-refractivity contribution in [2.75, 3.05) is 26.2 Å². The number of carbonyl (C=O) groups excluding carboxylic acids is 2. The molecule has 0 heterocycles. The fourth-order valence-corrected chi connectivity index (χ4v) is 2.74. The van der Waals surface area contributed by atoms with E-state index in [-0.39, 0.29) is 22.6 Å². The summed E-state index contributed by atoms with van der Waals surface area (Å²) in [6.07, 6.45) is 2.26. The van der Waals surface area contributed by atoms with E-state index in [4.69, 9.17) is 0 Å². The van der Waals surface area contributed by atoms with Crippen molar-refractivity contribution in [2.24, 2.45) is 0 Å². The van der Waals surface area contributed by atoms with Gasteiger partial charge >= 0.3 is 0 Å². The molecule has 30 heavy (non-hydrogen) atoms. The van der Waals surface area contributed by atoms with Gasteiger partial charge in [0.2, 0.25) is 0 Å². The summed E-state index contributed by atoms with van der Waals surface area (Å²) in [6.45, 7) is 2.30. The third-order valence-corrected chi connectivity index (χ3v) is 4.40. The lowest BCUT2D eigenvalue weighted by Crippen LogP contribution is -2.28. The molecule has 7 N–H and O–H groups in total. The van der Waals surface area contributed by atoms with Crippen LogP contribution in [0.25, 0.3) is 0 Å². The molecule has 0 aromatic heterocycles. The van der Waals surface area contributed by atoms with Gasteiger partial charge in [-0.25, -0.2) is 0 Å². The molecule has 0 aliphatic heterocycles. The van der Waals surface area contributed by atoms with Gasteiger partial charge in [-0.3, -0.25) is 9.59 Å². The largest absolute Gasteiger partial charge is 0.504 e. The normalized spacial score (nSPS) is 10.5. The zero-order chi connectivity index (χ0) is 21.9. The van der Waals surface area contributed by atoms with Crippen LogP contribution in [0.15, 0.2) is 36.4 Å². The van der Waals surface area contributed by atoms with Crippen molar-refractivity contribution in [3.05, 3.63) is 47.5 Å². The fourth-order valence-electron chi connectivity index (χ4n) is 2.74. The molecule has 0 aliphatic rings. The van der Waals surface area contributed by atoms with Gasteiger partial charge in [0.1, 0.15) is 0 Å². The van der Waals surface area contributed by atoms with E-state index < -0.39 is 23.3 Å². The molecule has 2 rings (SSSR count). The Bertz CT molecular complexity index is 800. The average molecular weight is 417 g/mol. The van der Waals surface area contributed by atoms with Crippen molar-refractivity contribution in [3.8, 4) is 23.0 Å². The second kappa shape index (κ2) is 11.5. The molecule has 0 saturated carbocycles. The molecule has 0 fully saturated rings. The van der Waals surface area contributed by atoms with Gasteiger partial charge < -0.3 is 36.4 Å². The number of rotatable bonds is 11. The standard InChI is InChI=1S/C21H27N3O6/c25-16-8-3-6-14(18(16)27)20(29)23-12-2-1-10-22-11-5-13-24-21(30)15-7-4-9-17(26)19(15)28/h3-4,6-9,22,25-28H,1-2,5,10-13H2,(H,23,29)(H,24,30). The molecule has 0 spiro atoms. The van der Waals surface area contributed by atoms with Crippen LogP contribution in [0.3, 0.4) is 0 Å². The molecule has 0 aliphatic carbocycles. The summed E-state index contributed by atoms with van der Waals surface area (Å²) in [5, 5.41) is 46.7.